The van der Waals surface area contributed by atoms with Crippen molar-refractivity contribution < 1.29 is 14.6 Å². The number of carbonyl (C=O) groups excluding carboxylic acids is 1. The number of unbranched alkanes of at least 4 members (excludes halogenated alkanes) is 1. The van der Waals surface area contributed by atoms with Gasteiger partial charge in [0.25, 0.3) is 0 Å². The van der Waals surface area contributed by atoms with Gasteiger partial charge in [0, 0.05) is 19.8 Å². The molecular formula is C14H22N2O3. The molecule has 5 nitrogen and oxygen atoms in total. The third kappa shape index (κ3) is 4.25. The normalized spacial score (nSPS) is 19.7. The second-order valence-electron chi connectivity index (χ2n) is 4.78. The molecule has 0 aromatic rings. The lowest BCUT2D eigenvalue weighted by Gasteiger charge is -2.30. The predicted octanol–water partition coefficient (Wildman–Crippen LogP) is 2.01. The highest BCUT2D eigenvalue weighted by Gasteiger charge is 2.31. The Labute approximate surface area is 114 Å². The highest BCUT2D eigenvalue weighted by atomic mass is 16.5. The zero-order valence-electron chi connectivity index (χ0n) is 11.7. The van der Waals surface area contributed by atoms with Crippen LogP contribution in [0, 0.1) is 17.2 Å². The summed E-state index contributed by atoms with van der Waals surface area (Å²) in [7, 11) is 0. The van der Waals surface area contributed by atoms with Crippen LogP contribution in [0.3, 0.4) is 0 Å². The molecule has 0 aromatic carbocycles. The minimum absolute atomic E-state index is 0.0266. The van der Waals surface area contributed by atoms with Gasteiger partial charge in [-0.05, 0) is 12.8 Å². The number of hydrogen-bond donors (Lipinski definition) is 1. The molecule has 0 aliphatic carbocycles. The van der Waals surface area contributed by atoms with Crippen molar-refractivity contribution in [2.24, 2.45) is 5.92 Å². The van der Waals surface area contributed by atoms with Crippen molar-refractivity contribution in [3.8, 4) is 6.07 Å². The van der Waals surface area contributed by atoms with E-state index < -0.39 is 5.92 Å². The molecule has 0 fully saturated rings. The van der Waals surface area contributed by atoms with Crippen LogP contribution in [-0.4, -0.2) is 42.1 Å². The van der Waals surface area contributed by atoms with Crippen LogP contribution in [0.5, 0.6) is 0 Å². The number of nitrogens with zero attached hydrogens (tertiary/aromatic N) is 2. The molecule has 0 bridgehead atoms. The van der Waals surface area contributed by atoms with Gasteiger partial charge in [-0.1, -0.05) is 20.3 Å². The summed E-state index contributed by atoms with van der Waals surface area (Å²) in [5.41, 5.74) is 0.170. The van der Waals surface area contributed by atoms with Crippen LogP contribution in [0.2, 0.25) is 0 Å². The summed E-state index contributed by atoms with van der Waals surface area (Å²) in [6, 6.07) is 1.92. The average Bonchev–Trinajstić information content (AvgIpc) is 2.40. The summed E-state index contributed by atoms with van der Waals surface area (Å²) in [5.74, 6) is -0.577. The molecular weight excluding hydrogens is 244 g/mol. The molecule has 0 aromatic heterocycles. The Morgan fingerprint density at radius 3 is 2.79 bits per heavy atom. The highest BCUT2D eigenvalue weighted by Crippen LogP contribution is 2.23. The topological polar surface area (TPSA) is 73.6 Å². The molecule has 1 rings (SSSR count). The maximum atomic E-state index is 11.7. The number of rotatable bonds is 7. The van der Waals surface area contributed by atoms with Crippen LogP contribution in [0.25, 0.3) is 0 Å². The molecule has 5 heteroatoms. The minimum Gasteiger partial charge on any atom is -0.494 e. The van der Waals surface area contributed by atoms with Gasteiger partial charge in [0.05, 0.1) is 18.0 Å². The molecule has 0 saturated carbocycles. The fourth-order valence-electron chi connectivity index (χ4n) is 1.96. The van der Waals surface area contributed by atoms with E-state index in [1.165, 1.54) is 0 Å². The summed E-state index contributed by atoms with van der Waals surface area (Å²) in [5, 5.41) is 18.9. The fraction of sp³-hybridized carbons (Fsp3) is 0.714. The Bertz CT molecular complexity index is 385. The van der Waals surface area contributed by atoms with E-state index in [-0.39, 0.29) is 23.8 Å². The minimum atomic E-state index is -0.498. The Morgan fingerprint density at radius 2 is 2.16 bits per heavy atom. The molecule has 0 saturated heterocycles. The Hall–Kier alpha value is -1.54. The zero-order chi connectivity index (χ0) is 14.3. The van der Waals surface area contributed by atoms with Gasteiger partial charge in [-0.15, -0.1) is 0 Å². The lowest BCUT2D eigenvalue weighted by molar-refractivity contribution is -0.123. The van der Waals surface area contributed by atoms with E-state index in [9.17, 15) is 9.90 Å². The van der Waals surface area contributed by atoms with Crippen LogP contribution >= 0.6 is 0 Å². The number of hydrogen-bond acceptors (Lipinski definition) is 5. The lowest BCUT2D eigenvalue weighted by atomic mass is 9.94. The summed E-state index contributed by atoms with van der Waals surface area (Å²) in [4.78, 5) is 13.3. The standard InChI is InChI=1S/C14H22N2O3/c1-3-4-7-19-8-5-6-16-10-13(17)11(2)12(9-15)14(16)18/h11,18H,3-8,10H2,1-2H3. The fourth-order valence-corrected chi connectivity index (χ4v) is 1.96. The van der Waals surface area contributed by atoms with Crippen LogP contribution in [0.1, 0.15) is 33.1 Å². The third-order valence-corrected chi connectivity index (χ3v) is 3.28. The first kappa shape index (κ1) is 15.5. The zero-order valence-corrected chi connectivity index (χ0v) is 11.7. The van der Waals surface area contributed by atoms with Crippen LogP contribution in [0.15, 0.2) is 11.5 Å². The number of ether oxygens (including phenoxy) is 1. The van der Waals surface area contributed by atoms with Gasteiger partial charge in [0.15, 0.2) is 5.78 Å². The first-order valence-corrected chi connectivity index (χ1v) is 6.80. The maximum absolute atomic E-state index is 11.7. The van der Waals surface area contributed by atoms with Crippen LogP contribution in [-0.2, 0) is 9.53 Å². The van der Waals surface area contributed by atoms with Crippen molar-refractivity contribution in [2.45, 2.75) is 33.1 Å². The molecule has 1 N–H and O–H groups in total. The summed E-state index contributed by atoms with van der Waals surface area (Å²) < 4.78 is 5.43. The van der Waals surface area contributed by atoms with E-state index in [0.29, 0.717) is 13.2 Å². The SMILES string of the molecule is CCCCOCCCN1CC(=O)C(C)C(C#N)=C1O. The molecule has 1 aliphatic rings. The number of nitriles is 1. The Kier molecular flexibility index (Phi) is 6.37. The molecule has 1 aliphatic heterocycles. The van der Waals surface area contributed by atoms with Gasteiger partial charge in [-0.3, -0.25) is 4.79 Å². The van der Waals surface area contributed by atoms with Crippen molar-refractivity contribution in [1.29, 1.82) is 5.26 Å². The third-order valence-electron chi connectivity index (χ3n) is 3.28. The first-order chi connectivity index (χ1) is 9.11. The number of Topliss-reactive ketones (excluding diaryl/α,β-unsaturated/α-hetero) is 1. The second kappa shape index (κ2) is 7.80. The van der Waals surface area contributed by atoms with Crippen molar-refractivity contribution in [2.75, 3.05) is 26.3 Å². The molecule has 19 heavy (non-hydrogen) atoms. The van der Waals surface area contributed by atoms with E-state index in [4.69, 9.17) is 10.00 Å². The van der Waals surface area contributed by atoms with Crippen molar-refractivity contribution in [1.82, 2.24) is 4.90 Å². The number of aliphatic hydroxyl groups excluding tert-OH is 1. The Morgan fingerprint density at radius 1 is 1.47 bits per heavy atom. The summed E-state index contributed by atoms with van der Waals surface area (Å²) in [6.07, 6.45) is 2.88. The van der Waals surface area contributed by atoms with E-state index in [1.54, 1.807) is 11.8 Å². The average molecular weight is 266 g/mol. The summed E-state index contributed by atoms with van der Waals surface area (Å²) >= 11 is 0. The molecule has 1 unspecified atom stereocenters. The molecule has 1 heterocycles. The molecule has 1 atom stereocenters. The van der Waals surface area contributed by atoms with Gasteiger partial charge >= 0.3 is 0 Å². The number of aliphatic hydroxyl groups is 1. The van der Waals surface area contributed by atoms with Gasteiger partial charge in [-0.2, -0.15) is 5.26 Å². The highest BCUT2D eigenvalue weighted by molar-refractivity contribution is 5.87. The van der Waals surface area contributed by atoms with Crippen molar-refractivity contribution in [3.05, 3.63) is 11.5 Å². The number of carbonyl (C=O) groups is 1. The van der Waals surface area contributed by atoms with Gasteiger partial charge in [0.1, 0.15) is 6.07 Å². The first-order valence-electron chi connectivity index (χ1n) is 6.80. The monoisotopic (exact) mass is 266 g/mol. The summed E-state index contributed by atoms with van der Waals surface area (Å²) in [6.45, 7) is 5.82. The second-order valence-corrected chi connectivity index (χ2v) is 4.78. The van der Waals surface area contributed by atoms with E-state index in [1.807, 2.05) is 6.07 Å². The molecule has 106 valence electrons. The largest absolute Gasteiger partial charge is 0.494 e. The van der Waals surface area contributed by atoms with Gasteiger partial charge in [-0.25, -0.2) is 0 Å². The van der Waals surface area contributed by atoms with E-state index >= 15 is 0 Å². The van der Waals surface area contributed by atoms with E-state index in [2.05, 4.69) is 6.92 Å². The van der Waals surface area contributed by atoms with Gasteiger partial charge < -0.3 is 14.7 Å². The van der Waals surface area contributed by atoms with Crippen LogP contribution in [0.4, 0.5) is 0 Å². The molecule has 0 radical (unpaired) electrons. The smallest absolute Gasteiger partial charge is 0.202 e. The lowest BCUT2D eigenvalue weighted by Crippen LogP contribution is -2.39. The predicted molar refractivity (Wildman–Crippen MR) is 71.4 cm³/mol. The molecule has 0 amide bonds. The van der Waals surface area contributed by atoms with E-state index in [0.717, 1.165) is 25.9 Å². The van der Waals surface area contributed by atoms with Crippen molar-refractivity contribution in [3.63, 3.8) is 0 Å². The quantitative estimate of drug-likeness (QED) is 0.713. The number of allylic oxidation sites excluding steroid dienone is 1. The maximum Gasteiger partial charge on any atom is 0.202 e. The van der Waals surface area contributed by atoms with Gasteiger partial charge in [0.2, 0.25) is 5.88 Å². The Balaban J connectivity index is 2.44. The van der Waals surface area contributed by atoms with Crippen LogP contribution < -0.4 is 0 Å². The number of ketones is 1. The molecule has 0 spiro atoms. The van der Waals surface area contributed by atoms with Crippen molar-refractivity contribution >= 4 is 5.78 Å².